The number of benzene rings is 2. The Bertz CT molecular complexity index is 1380. The fraction of sp³-hybridized carbons (Fsp3) is 0.280. The van der Waals surface area contributed by atoms with E-state index < -0.39 is 0 Å². The molecule has 1 aliphatic carbocycles. The zero-order chi connectivity index (χ0) is 21.5. The Hall–Kier alpha value is -2.63. The quantitative estimate of drug-likeness (QED) is 0.420. The summed E-state index contributed by atoms with van der Waals surface area (Å²) in [5, 5.41) is 1.38. The SMILES string of the molecule is CCc1ccc(-n2c(=O)c3c4c(sc3n(Cc3ccc(Cl)cc3)c2=O)CCCC4)cc1. The zero-order valence-electron chi connectivity index (χ0n) is 17.4. The van der Waals surface area contributed by atoms with Crippen LogP contribution in [0.1, 0.15) is 41.3 Å². The van der Waals surface area contributed by atoms with Crippen molar-refractivity contribution in [3.05, 3.63) is 96.0 Å². The van der Waals surface area contributed by atoms with Gasteiger partial charge >= 0.3 is 5.69 Å². The summed E-state index contributed by atoms with van der Waals surface area (Å²) in [6, 6.07) is 15.2. The second-order valence-electron chi connectivity index (χ2n) is 8.05. The predicted octanol–water partition coefficient (Wildman–Crippen LogP) is 5.36. The van der Waals surface area contributed by atoms with Gasteiger partial charge in [0.25, 0.3) is 5.56 Å². The van der Waals surface area contributed by atoms with Gasteiger partial charge in [-0.2, -0.15) is 0 Å². The predicted molar refractivity (Wildman–Crippen MR) is 128 cm³/mol. The van der Waals surface area contributed by atoms with E-state index in [9.17, 15) is 9.59 Å². The topological polar surface area (TPSA) is 44.0 Å². The molecule has 0 amide bonds. The molecule has 0 fully saturated rings. The maximum absolute atomic E-state index is 13.6. The van der Waals surface area contributed by atoms with E-state index in [1.54, 1.807) is 15.9 Å². The number of aryl methyl sites for hydroxylation is 3. The molecule has 6 heteroatoms. The highest BCUT2D eigenvalue weighted by Crippen LogP contribution is 2.34. The van der Waals surface area contributed by atoms with E-state index in [0.717, 1.165) is 48.1 Å². The first-order valence-corrected chi connectivity index (χ1v) is 11.9. The van der Waals surface area contributed by atoms with E-state index in [2.05, 4.69) is 6.92 Å². The molecule has 0 atom stereocenters. The molecule has 0 saturated carbocycles. The van der Waals surface area contributed by atoms with Gasteiger partial charge in [-0.25, -0.2) is 9.36 Å². The summed E-state index contributed by atoms with van der Waals surface area (Å²) < 4.78 is 3.11. The number of rotatable bonds is 4. The smallest absolute Gasteiger partial charge is 0.280 e. The van der Waals surface area contributed by atoms with Crippen LogP contribution in [0.2, 0.25) is 5.02 Å². The highest BCUT2D eigenvalue weighted by molar-refractivity contribution is 7.18. The summed E-state index contributed by atoms with van der Waals surface area (Å²) in [6.07, 6.45) is 5.01. The Morgan fingerprint density at radius 1 is 0.935 bits per heavy atom. The fourth-order valence-electron chi connectivity index (χ4n) is 4.39. The highest BCUT2D eigenvalue weighted by Gasteiger charge is 2.24. The molecule has 0 saturated heterocycles. The standard InChI is InChI=1S/C25H23ClN2O2S/c1-2-16-9-13-19(14-10-16)28-23(29)22-20-5-3-4-6-21(20)31-24(22)27(25(28)30)15-17-7-11-18(26)12-8-17/h7-14H,2-6,15H2,1H3. The van der Waals surface area contributed by atoms with Crippen molar-refractivity contribution in [2.24, 2.45) is 0 Å². The molecule has 2 aromatic carbocycles. The third kappa shape index (κ3) is 3.56. The van der Waals surface area contributed by atoms with Crippen molar-refractivity contribution >= 4 is 33.2 Å². The summed E-state index contributed by atoms with van der Waals surface area (Å²) in [7, 11) is 0. The summed E-state index contributed by atoms with van der Waals surface area (Å²) >= 11 is 7.66. The normalized spacial score (nSPS) is 13.5. The molecule has 0 N–H and O–H groups in total. The average Bonchev–Trinajstić information content (AvgIpc) is 3.18. The van der Waals surface area contributed by atoms with Crippen molar-refractivity contribution in [2.45, 2.75) is 45.6 Å². The lowest BCUT2D eigenvalue weighted by Crippen LogP contribution is -2.39. The molecule has 5 rings (SSSR count). The van der Waals surface area contributed by atoms with Crippen LogP contribution in [-0.4, -0.2) is 9.13 Å². The van der Waals surface area contributed by atoms with Crippen LogP contribution in [-0.2, 0) is 25.8 Å². The van der Waals surface area contributed by atoms with Gasteiger partial charge in [0.1, 0.15) is 4.83 Å². The minimum Gasteiger partial charge on any atom is -0.280 e. The Morgan fingerprint density at radius 2 is 1.61 bits per heavy atom. The minimum atomic E-state index is -0.296. The molecule has 0 radical (unpaired) electrons. The molecule has 31 heavy (non-hydrogen) atoms. The second-order valence-corrected chi connectivity index (χ2v) is 9.57. The van der Waals surface area contributed by atoms with E-state index in [-0.39, 0.29) is 11.2 Å². The van der Waals surface area contributed by atoms with Crippen molar-refractivity contribution in [3.8, 4) is 5.69 Å². The van der Waals surface area contributed by atoms with Crippen LogP contribution in [0.25, 0.3) is 15.9 Å². The lowest BCUT2D eigenvalue weighted by atomic mass is 9.97. The van der Waals surface area contributed by atoms with Crippen LogP contribution in [0.15, 0.2) is 58.1 Å². The molecule has 0 spiro atoms. The lowest BCUT2D eigenvalue weighted by Gasteiger charge is -2.14. The van der Waals surface area contributed by atoms with Gasteiger partial charge < -0.3 is 0 Å². The van der Waals surface area contributed by atoms with Crippen LogP contribution < -0.4 is 11.2 Å². The van der Waals surface area contributed by atoms with Gasteiger partial charge in [-0.15, -0.1) is 11.3 Å². The Labute approximate surface area is 189 Å². The fourth-order valence-corrected chi connectivity index (χ4v) is 5.89. The van der Waals surface area contributed by atoms with Crippen LogP contribution in [0.4, 0.5) is 0 Å². The van der Waals surface area contributed by atoms with Crippen LogP contribution in [0.5, 0.6) is 0 Å². The van der Waals surface area contributed by atoms with Gasteiger partial charge in [0.2, 0.25) is 0 Å². The van der Waals surface area contributed by atoms with Crippen molar-refractivity contribution in [2.75, 3.05) is 0 Å². The van der Waals surface area contributed by atoms with E-state index in [1.165, 1.54) is 15.0 Å². The number of thiophene rings is 1. The molecule has 4 nitrogen and oxygen atoms in total. The summed E-state index contributed by atoms with van der Waals surface area (Å²) in [6.45, 7) is 2.49. The average molecular weight is 451 g/mol. The maximum atomic E-state index is 13.6. The number of nitrogens with zero attached hydrogens (tertiary/aromatic N) is 2. The molecule has 4 aromatic rings. The molecule has 2 heterocycles. The van der Waals surface area contributed by atoms with E-state index in [0.29, 0.717) is 22.6 Å². The first kappa shape index (κ1) is 20.3. The molecular weight excluding hydrogens is 428 g/mol. The third-order valence-electron chi connectivity index (χ3n) is 6.09. The number of fused-ring (bicyclic) bond motifs is 3. The maximum Gasteiger partial charge on any atom is 0.337 e. The molecule has 2 aromatic heterocycles. The summed E-state index contributed by atoms with van der Waals surface area (Å²) in [5.41, 5.74) is 3.42. The van der Waals surface area contributed by atoms with Crippen molar-refractivity contribution in [1.29, 1.82) is 0 Å². The first-order chi connectivity index (χ1) is 15.1. The second kappa shape index (κ2) is 8.13. The molecule has 0 bridgehead atoms. The Morgan fingerprint density at radius 3 is 2.32 bits per heavy atom. The van der Waals surface area contributed by atoms with Gasteiger partial charge in [0.15, 0.2) is 0 Å². The van der Waals surface area contributed by atoms with Crippen molar-refractivity contribution < 1.29 is 0 Å². The monoisotopic (exact) mass is 450 g/mol. The molecular formula is C25H23ClN2O2S. The zero-order valence-corrected chi connectivity index (χ0v) is 18.9. The minimum absolute atomic E-state index is 0.198. The molecule has 1 aliphatic rings. The molecule has 0 aliphatic heterocycles. The number of aromatic nitrogens is 2. The van der Waals surface area contributed by atoms with E-state index in [4.69, 9.17) is 11.6 Å². The summed E-state index contributed by atoms with van der Waals surface area (Å²) in [4.78, 5) is 29.3. The first-order valence-electron chi connectivity index (χ1n) is 10.7. The largest absolute Gasteiger partial charge is 0.337 e. The number of halogens is 1. The van der Waals surface area contributed by atoms with E-state index >= 15 is 0 Å². The summed E-state index contributed by atoms with van der Waals surface area (Å²) in [5.74, 6) is 0. The molecule has 158 valence electrons. The van der Waals surface area contributed by atoms with Gasteiger partial charge in [-0.05, 0) is 73.1 Å². The van der Waals surface area contributed by atoms with Crippen LogP contribution in [0, 0.1) is 0 Å². The lowest BCUT2D eigenvalue weighted by molar-refractivity contribution is 0.696. The Balaban J connectivity index is 1.79. The van der Waals surface area contributed by atoms with Crippen molar-refractivity contribution in [3.63, 3.8) is 0 Å². The van der Waals surface area contributed by atoms with Gasteiger partial charge in [0, 0.05) is 9.90 Å². The number of hydrogen-bond acceptors (Lipinski definition) is 3. The van der Waals surface area contributed by atoms with Gasteiger partial charge in [0.05, 0.1) is 17.6 Å². The Kier molecular flexibility index (Phi) is 5.32. The van der Waals surface area contributed by atoms with Crippen LogP contribution >= 0.6 is 22.9 Å². The highest BCUT2D eigenvalue weighted by atomic mass is 35.5. The van der Waals surface area contributed by atoms with E-state index in [1.807, 2.05) is 48.5 Å². The van der Waals surface area contributed by atoms with Crippen LogP contribution in [0.3, 0.4) is 0 Å². The van der Waals surface area contributed by atoms with Gasteiger partial charge in [-0.3, -0.25) is 9.36 Å². The number of hydrogen-bond donors (Lipinski definition) is 0. The molecule has 0 unspecified atom stereocenters. The third-order valence-corrected chi connectivity index (χ3v) is 7.66. The van der Waals surface area contributed by atoms with Gasteiger partial charge in [-0.1, -0.05) is 42.8 Å². The van der Waals surface area contributed by atoms with Crippen molar-refractivity contribution in [1.82, 2.24) is 9.13 Å².